The molecule has 2 aliphatic heterocycles. The van der Waals surface area contributed by atoms with E-state index in [1.807, 2.05) is 0 Å². The molecule has 1 atom stereocenters. The first-order valence-electron chi connectivity index (χ1n) is 6.27. The number of rotatable bonds is 0. The number of benzene rings is 1. The van der Waals surface area contributed by atoms with Gasteiger partial charge in [-0.25, -0.2) is 0 Å². The first-order valence-corrected chi connectivity index (χ1v) is 6.27. The van der Waals surface area contributed by atoms with Crippen molar-refractivity contribution in [2.45, 2.75) is 25.3 Å². The van der Waals surface area contributed by atoms with E-state index in [2.05, 4.69) is 34.1 Å². The fourth-order valence-electron chi connectivity index (χ4n) is 3.45. The van der Waals surface area contributed by atoms with Crippen molar-refractivity contribution >= 4 is 10.9 Å². The molecule has 0 radical (unpaired) electrons. The van der Waals surface area contributed by atoms with Gasteiger partial charge in [-0.3, -0.25) is 4.90 Å². The van der Waals surface area contributed by atoms with Gasteiger partial charge >= 0.3 is 0 Å². The Morgan fingerprint density at radius 3 is 3.12 bits per heavy atom. The highest BCUT2D eigenvalue weighted by molar-refractivity contribution is 5.85. The smallest absolute Gasteiger partial charge is 0.0502 e. The normalized spacial score (nSPS) is 24.6. The van der Waals surface area contributed by atoms with Crippen molar-refractivity contribution in [1.82, 2.24) is 9.88 Å². The molecule has 1 N–H and O–H groups in total. The van der Waals surface area contributed by atoms with Gasteiger partial charge in [0.15, 0.2) is 0 Å². The maximum atomic E-state index is 3.65. The number of para-hydroxylation sites is 1. The molecular weight excluding hydrogens is 196 g/mol. The summed E-state index contributed by atoms with van der Waals surface area (Å²) in [4.78, 5) is 6.28. The summed E-state index contributed by atoms with van der Waals surface area (Å²) in [6.45, 7) is 2.54. The van der Waals surface area contributed by atoms with Crippen molar-refractivity contribution in [2.24, 2.45) is 0 Å². The van der Waals surface area contributed by atoms with Crippen LogP contribution in [-0.2, 0) is 6.42 Å². The first-order chi connectivity index (χ1) is 7.93. The van der Waals surface area contributed by atoms with Crippen molar-refractivity contribution in [3.63, 3.8) is 0 Å². The average molecular weight is 212 g/mol. The zero-order valence-corrected chi connectivity index (χ0v) is 9.37. The average Bonchev–Trinajstić information content (AvgIpc) is 2.92. The van der Waals surface area contributed by atoms with Crippen LogP contribution in [0.3, 0.4) is 0 Å². The summed E-state index contributed by atoms with van der Waals surface area (Å²) in [5.41, 5.74) is 4.41. The standard InChI is InChI=1S/C14H16N2/c1-2-5-12-10(4-1)11-7-9-16-8-3-6-13(16)14(11)15-12/h1-2,4-5,13,15H,3,6-9H2/t13-/m1/s1. The molecule has 2 heteroatoms. The third kappa shape index (κ3) is 1.05. The highest BCUT2D eigenvalue weighted by Crippen LogP contribution is 2.39. The Morgan fingerprint density at radius 1 is 1.19 bits per heavy atom. The Bertz CT molecular complexity index is 541. The molecule has 1 fully saturated rings. The molecular formula is C14H16N2. The molecule has 2 nitrogen and oxygen atoms in total. The van der Waals surface area contributed by atoms with E-state index in [4.69, 9.17) is 0 Å². The van der Waals surface area contributed by atoms with Crippen LogP contribution >= 0.6 is 0 Å². The van der Waals surface area contributed by atoms with Crippen LogP contribution in [0.15, 0.2) is 24.3 Å². The third-order valence-corrected chi connectivity index (χ3v) is 4.19. The third-order valence-electron chi connectivity index (χ3n) is 4.19. The van der Waals surface area contributed by atoms with Crippen LogP contribution < -0.4 is 0 Å². The molecule has 1 aromatic heterocycles. The van der Waals surface area contributed by atoms with Crippen LogP contribution in [0.2, 0.25) is 0 Å². The lowest BCUT2D eigenvalue weighted by Gasteiger charge is -2.29. The first kappa shape index (κ1) is 8.82. The van der Waals surface area contributed by atoms with E-state index in [0.29, 0.717) is 6.04 Å². The second kappa shape index (κ2) is 3.11. The molecule has 16 heavy (non-hydrogen) atoms. The van der Waals surface area contributed by atoms with E-state index in [1.54, 1.807) is 5.56 Å². The molecule has 0 saturated carbocycles. The zero-order valence-electron chi connectivity index (χ0n) is 9.37. The van der Waals surface area contributed by atoms with E-state index < -0.39 is 0 Å². The highest BCUT2D eigenvalue weighted by Gasteiger charge is 2.33. The molecule has 2 aromatic rings. The number of hydrogen-bond donors (Lipinski definition) is 1. The van der Waals surface area contributed by atoms with Gasteiger partial charge in [-0.2, -0.15) is 0 Å². The predicted octanol–water partition coefficient (Wildman–Crippen LogP) is 2.86. The Morgan fingerprint density at radius 2 is 2.12 bits per heavy atom. The second-order valence-electron chi connectivity index (χ2n) is 5.01. The van der Waals surface area contributed by atoms with E-state index in [0.717, 1.165) is 0 Å². The number of aromatic nitrogens is 1. The lowest BCUT2D eigenvalue weighted by atomic mass is 9.98. The molecule has 0 unspecified atom stereocenters. The van der Waals surface area contributed by atoms with E-state index >= 15 is 0 Å². The quantitative estimate of drug-likeness (QED) is 0.711. The summed E-state index contributed by atoms with van der Waals surface area (Å²) in [7, 11) is 0. The summed E-state index contributed by atoms with van der Waals surface area (Å²) in [6.07, 6.45) is 3.91. The van der Waals surface area contributed by atoms with Crippen molar-refractivity contribution in [1.29, 1.82) is 0 Å². The summed E-state index contributed by atoms with van der Waals surface area (Å²) >= 11 is 0. The van der Waals surface area contributed by atoms with Crippen molar-refractivity contribution in [2.75, 3.05) is 13.1 Å². The molecule has 1 aromatic carbocycles. The van der Waals surface area contributed by atoms with E-state index in [-0.39, 0.29) is 0 Å². The Balaban J connectivity index is 1.96. The van der Waals surface area contributed by atoms with Gasteiger partial charge in [-0.05, 0) is 37.4 Å². The van der Waals surface area contributed by atoms with Gasteiger partial charge in [0, 0.05) is 23.1 Å². The van der Waals surface area contributed by atoms with Crippen LogP contribution in [0.5, 0.6) is 0 Å². The monoisotopic (exact) mass is 212 g/mol. The van der Waals surface area contributed by atoms with Gasteiger partial charge in [0.05, 0.1) is 6.04 Å². The number of H-pyrrole nitrogens is 1. The number of nitrogens with one attached hydrogen (secondary N) is 1. The van der Waals surface area contributed by atoms with Gasteiger partial charge in [0.2, 0.25) is 0 Å². The van der Waals surface area contributed by atoms with Gasteiger partial charge < -0.3 is 4.98 Å². The minimum absolute atomic E-state index is 0.677. The van der Waals surface area contributed by atoms with E-state index in [1.165, 1.54) is 48.9 Å². The van der Waals surface area contributed by atoms with Crippen molar-refractivity contribution < 1.29 is 0 Å². The summed E-state index contributed by atoms with van der Waals surface area (Å²) in [6, 6.07) is 9.41. The summed E-state index contributed by atoms with van der Waals surface area (Å²) < 4.78 is 0. The molecule has 4 rings (SSSR count). The SMILES string of the molecule is c1ccc2c3c([nH]c2c1)[C@H]1CCCN1CC3. The van der Waals surface area contributed by atoms with Gasteiger partial charge in [-0.15, -0.1) is 0 Å². The van der Waals surface area contributed by atoms with Gasteiger partial charge in [0.1, 0.15) is 0 Å². The number of nitrogens with zero attached hydrogens (tertiary/aromatic N) is 1. The minimum Gasteiger partial charge on any atom is -0.357 e. The Hall–Kier alpha value is -1.28. The summed E-state index contributed by atoms with van der Waals surface area (Å²) in [5, 5.41) is 1.45. The van der Waals surface area contributed by atoms with Crippen LogP contribution in [-0.4, -0.2) is 23.0 Å². The topological polar surface area (TPSA) is 19.0 Å². The maximum absolute atomic E-state index is 3.65. The highest BCUT2D eigenvalue weighted by atomic mass is 15.2. The molecule has 0 aliphatic carbocycles. The van der Waals surface area contributed by atoms with Crippen LogP contribution in [0.1, 0.15) is 30.1 Å². The van der Waals surface area contributed by atoms with Crippen molar-refractivity contribution in [3.05, 3.63) is 35.5 Å². The molecule has 1 saturated heterocycles. The molecule has 82 valence electrons. The number of fused-ring (bicyclic) bond motifs is 5. The molecule has 0 bridgehead atoms. The van der Waals surface area contributed by atoms with Crippen LogP contribution in [0, 0.1) is 0 Å². The van der Waals surface area contributed by atoms with Crippen LogP contribution in [0.25, 0.3) is 10.9 Å². The maximum Gasteiger partial charge on any atom is 0.0502 e. The minimum atomic E-state index is 0.677. The predicted molar refractivity (Wildman–Crippen MR) is 65.6 cm³/mol. The Labute approximate surface area is 95.3 Å². The van der Waals surface area contributed by atoms with Gasteiger partial charge in [-0.1, -0.05) is 18.2 Å². The second-order valence-corrected chi connectivity index (χ2v) is 5.01. The molecule has 0 spiro atoms. The van der Waals surface area contributed by atoms with Crippen molar-refractivity contribution in [3.8, 4) is 0 Å². The lowest BCUT2D eigenvalue weighted by molar-refractivity contribution is 0.241. The zero-order chi connectivity index (χ0) is 10.5. The largest absolute Gasteiger partial charge is 0.357 e. The lowest BCUT2D eigenvalue weighted by Crippen LogP contribution is -2.30. The van der Waals surface area contributed by atoms with Gasteiger partial charge in [0.25, 0.3) is 0 Å². The number of hydrogen-bond acceptors (Lipinski definition) is 1. The van der Waals surface area contributed by atoms with E-state index in [9.17, 15) is 0 Å². The number of aromatic amines is 1. The fraction of sp³-hybridized carbons (Fsp3) is 0.429. The fourth-order valence-corrected chi connectivity index (χ4v) is 3.45. The molecule has 3 heterocycles. The molecule has 2 aliphatic rings. The summed E-state index contributed by atoms with van der Waals surface area (Å²) in [5.74, 6) is 0. The Kier molecular flexibility index (Phi) is 1.71. The molecule has 0 amide bonds. The van der Waals surface area contributed by atoms with Crippen LogP contribution in [0.4, 0.5) is 0 Å².